The molecule has 0 aromatic carbocycles. The van der Waals surface area contributed by atoms with E-state index in [1.807, 2.05) is 12.3 Å². The smallest absolute Gasteiger partial charge is 0.303 e. The number of H-pyrrole nitrogens is 1. The molecule has 1 aliphatic heterocycles. The van der Waals surface area contributed by atoms with Crippen LogP contribution in [0.3, 0.4) is 0 Å². The topological polar surface area (TPSA) is 69.2 Å². The van der Waals surface area contributed by atoms with Crippen LogP contribution in [-0.2, 0) is 11.3 Å². The second-order valence-electron chi connectivity index (χ2n) is 5.20. The van der Waals surface area contributed by atoms with Gasteiger partial charge in [-0.15, -0.1) is 0 Å². The first kappa shape index (κ1) is 12.2. The van der Waals surface area contributed by atoms with Crippen molar-refractivity contribution < 1.29 is 9.90 Å². The lowest BCUT2D eigenvalue weighted by Crippen LogP contribution is -2.20. The highest BCUT2D eigenvalue weighted by atomic mass is 16.4. The van der Waals surface area contributed by atoms with Gasteiger partial charge in [-0.05, 0) is 36.6 Å². The van der Waals surface area contributed by atoms with Crippen LogP contribution in [0.15, 0.2) is 24.5 Å². The maximum atomic E-state index is 10.7. The molecule has 1 saturated heterocycles. The van der Waals surface area contributed by atoms with E-state index < -0.39 is 5.97 Å². The number of likely N-dealkylation sites (tertiary alicyclic amines) is 1. The van der Waals surface area contributed by atoms with Gasteiger partial charge in [-0.2, -0.15) is 0 Å². The Morgan fingerprint density at radius 3 is 3.32 bits per heavy atom. The fourth-order valence-electron chi connectivity index (χ4n) is 2.85. The number of pyridine rings is 1. The number of hydrogen-bond donors (Lipinski definition) is 2. The van der Waals surface area contributed by atoms with Crippen molar-refractivity contribution in [2.45, 2.75) is 19.4 Å². The average Bonchev–Trinajstić information content (AvgIpc) is 2.97. The van der Waals surface area contributed by atoms with E-state index in [0.29, 0.717) is 5.92 Å². The molecule has 5 nitrogen and oxygen atoms in total. The molecule has 1 aliphatic rings. The van der Waals surface area contributed by atoms with E-state index in [1.54, 1.807) is 6.20 Å². The summed E-state index contributed by atoms with van der Waals surface area (Å²) in [7, 11) is 0. The molecule has 0 amide bonds. The van der Waals surface area contributed by atoms with Gasteiger partial charge in [0, 0.05) is 37.3 Å². The Bertz CT molecular complexity index is 593. The summed E-state index contributed by atoms with van der Waals surface area (Å²) >= 11 is 0. The Balaban J connectivity index is 1.68. The number of aliphatic carboxylic acids is 1. The molecule has 0 saturated carbocycles. The normalized spacial score (nSPS) is 20.1. The van der Waals surface area contributed by atoms with Gasteiger partial charge < -0.3 is 10.1 Å². The molecule has 0 spiro atoms. The van der Waals surface area contributed by atoms with Crippen LogP contribution in [0.4, 0.5) is 0 Å². The molecule has 100 valence electrons. The van der Waals surface area contributed by atoms with Crippen molar-refractivity contribution in [3.8, 4) is 0 Å². The second kappa shape index (κ2) is 5.01. The predicted molar refractivity (Wildman–Crippen MR) is 71.7 cm³/mol. The minimum atomic E-state index is -0.692. The number of fused-ring (bicyclic) bond motifs is 1. The lowest BCUT2D eigenvalue weighted by Gasteiger charge is -2.14. The lowest BCUT2D eigenvalue weighted by molar-refractivity contribution is -0.138. The van der Waals surface area contributed by atoms with Gasteiger partial charge >= 0.3 is 5.97 Å². The number of nitrogens with one attached hydrogen (secondary N) is 1. The summed E-state index contributed by atoms with van der Waals surface area (Å²) in [4.78, 5) is 20.5. The first-order valence-corrected chi connectivity index (χ1v) is 6.57. The molecule has 1 unspecified atom stereocenters. The Hall–Kier alpha value is -1.88. The zero-order valence-corrected chi connectivity index (χ0v) is 10.7. The number of aromatic nitrogens is 2. The summed E-state index contributed by atoms with van der Waals surface area (Å²) in [6, 6.07) is 4.01. The highest BCUT2D eigenvalue weighted by Gasteiger charge is 2.24. The zero-order chi connectivity index (χ0) is 13.2. The third kappa shape index (κ3) is 2.61. The van der Waals surface area contributed by atoms with E-state index in [4.69, 9.17) is 5.11 Å². The Kier molecular flexibility index (Phi) is 3.21. The molecule has 0 bridgehead atoms. The SMILES string of the molecule is O=C(O)CC1CCN(Cc2c[nH]c3ncccc23)C1. The fourth-order valence-corrected chi connectivity index (χ4v) is 2.85. The van der Waals surface area contributed by atoms with E-state index in [-0.39, 0.29) is 6.42 Å². The predicted octanol–water partition coefficient (Wildman–Crippen LogP) is 1.86. The molecule has 1 atom stereocenters. The maximum Gasteiger partial charge on any atom is 0.303 e. The van der Waals surface area contributed by atoms with E-state index >= 15 is 0 Å². The van der Waals surface area contributed by atoms with Crippen molar-refractivity contribution in [1.29, 1.82) is 0 Å². The van der Waals surface area contributed by atoms with Crippen LogP contribution in [0.1, 0.15) is 18.4 Å². The number of carbonyl (C=O) groups is 1. The first-order valence-electron chi connectivity index (χ1n) is 6.57. The van der Waals surface area contributed by atoms with Crippen LogP contribution < -0.4 is 0 Å². The number of hydrogen-bond acceptors (Lipinski definition) is 3. The highest BCUT2D eigenvalue weighted by Crippen LogP contribution is 2.24. The Labute approximate surface area is 111 Å². The van der Waals surface area contributed by atoms with Crippen molar-refractivity contribution in [2.24, 2.45) is 5.92 Å². The van der Waals surface area contributed by atoms with E-state index in [2.05, 4.69) is 20.9 Å². The van der Waals surface area contributed by atoms with E-state index in [0.717, 1.165) is 37.1 Å². The zero-order valence-electron chi connectivity index (χ0n) is 10.7. The summed E-state index contributed by atoms with van der Waals surface area (Å²) in [6.45, 7) is 2.71. The third-order valence-electron chi connectivity index (χ3n) is 3.76. The van der Waals surface area contributed by atoms with Crippen LogP contribution in [-0.4, -0.2) is 39.0 Å². The highest BCUT2D eigenvalue weighted by molar-refractivity contribution is 5.79. The van der Waals surface area contributed by atoms with Gasteiger partial charge in [-0.25, -0.2) is 4.98 Å². The van der Waals surface area contributed by atoms with Crippen LogP contribution in [0.5, 0.6) is 0 Å². The van der Waals surface area contributed by atoms with Gasteiger partial charge in [0.1, 0.15) is 5.65 Å². The van der Waals surface area contributed by atoms with Crippen LogP contribution in [0.2, 0.25) is 0 Å². The summed E-state index contributed by atoms with van der Waals surface area (Å²) in [6.07, 6.45) is 5.04. The summed E-state index contributed by atoms with van der Waals surface area (Å²) in [5.74, 6) is -0.399. The molecule has 0 radical (unpaired) electrons. The minimum absolute atomic E-state index is 0.284. The molecular weight excluding hydrogens is 242 g/mol. The van der Waals surface area contributed by atoms with E-state index in [1.165, 1.54) is 5.56 Å². The standard InChI is InChI=1S/C14H17N3O2/c18-13(19)6-10-3-5-17(8-10)9-11-7-16-14-12(11)2-1-4-15-14/h1-2,4,7,10H,3,5-6,8-9H2,(H,15,16)(H,18,19). The number of carboxylic acids is 1. The Morgan fingerprint density at radius 1 is 1.58 bits per heavy atom. The maximum absolute atomic E-state index is 10.7. The molecule has 2 aromatic rings. The molecule has 2 aromatic heterocycles. The van der Waals surface area contributed by atoms with Gasteiger partial charge in [0.2, 0.25) is 0 Å². The average molecular weight is 259 g/mol. The molecule has 0 aliphatic carbocycles. The summed E-state index contributed by atoms with van der Waals surface area (Å²) in [5.41, 5.74) is 2.15. The number of carboxylic acid groups (broad SMARTS) is 1. The number of nitrogens with zero attached hydrogens (tertiary/aromatic N) is 2. The second-order valence-corrected chi connectivity index (χ2v) is 5.20. The number of rotatable bonds is 4. The fraction of sp³-hybridized carbons (Fsp3) is 0.429. The third-order valence-corrected chi connectivity index (χ3v) is 3.76. The molecule has 3 heterocycles. The quantitative estimate of drug-likeness (QED) is 0.879. The Morgan fingerprint density at radius 2 is 2.47 bits per heavy atom. The molecular formula is C14H17N3O2. The molecule has 2 N–H and O–H groups in total. The van der Waals surface area contributed by atoms with Crippen molar-refractivity contribution in [3.05, 3.63) is 30.1 Å². The molecule has 3 rings (SSSR count). The van der Waals surface area contributed by atoms with Crippen LogP contribution in [0.25, 0.3) is 11.0 Å². The number of aromatic amines is 1. The van der Waals surface area contributed by atoms with Gasteiger partial charge in [0.15, 0.2) is 0 Å². The van der Waals surface area contributed by atoms with Crippen molar-refractivity contribution in [2.75, 3.05) is 13.1 Å². The molecule has 1 fully saturated rings. The van der Waals surface area contributed by atoms with Crippen LogP contribution in [0, 0.1) is 5.92 Å². The summed E-state index contributed by atoms with van der Waals surface area (Å²) < 4.78 is 0. The summed E-state index contributed by atoms with van der Waals surface area (Å²) in [5, 5.41) is 9.98. The van der Waals surface area contributed by atoms with Crippen LogP contribution >= 0.6 is 0 Å². The molecule has 5 heteroatoms. The van der Waals surface area contributed by atoms with Gasteiger partial charge in [-0.1, -0.05) is 0 Å². The first-order chi connectivity index (χ1) is 9.22. The lowest BCUT2D eigenvalue weighted by atomic mass is 10.1. The van der Waals surface area contributed by atoms with Gasteiger partial charge in [0.05, 0.1) is 0 Å². The van der Waals surface area contributed by atoms with Crippen molar-refractivity contribution in [3.63, 3.8) is 0 Å². The van der Waals surface area contributed by atoms with Gasteiger partial charge in [-0.3, -0.25) is 9.69 Å². The van der Waals surface area contributed by atoms with E-state index in [9.17, 15) is 4.79 Å². The molecule has 19 heavy (non-hydrogen) atoms. The van der Waals surface area contributed by atoms with Crippen molar-refractivity contribution in [1.82, 2.24) is 14.9 Å². The monoisotopic (exact) mass is 259 g/mol. The largest absolute Gasteiger partial charge is 0.481 e. The minimum Gasteiger partial charge on any atom is -0.481 e. The van der Waals surface area contributed by atoms with Gasteiger partial charge in [0.25, 0.3) is 0 Å². The van der Waals surface area contributed by atoms with Crippen molar-refractivity contribution >= 4 is 17.0 Å².